The van der Waals surface area contributed by atoms with Crippen molar-refractivity contribution < 1.29 is 4.39 Å². The molecule has 1 unspecified atom stereocenters. The Morgan fingerprint density at radius 1 is 1.11 bits per heavy atom. The SMILES string of the molecule is CCC(Nn1c(C)ccc1C)c1ccccc1F. The first kappa shape index (κ1) is 12.7. The van der Waals surface area contributed by atoms with E-state index in [2.05, 4.69) is 24.5 Å². The monoisotopic (exact) mass is 246 g/mol. The molecule has 1 aromatic carbocycles. The van der Waals surface area contributed by atoms with Crippen LogP contribution in [0.15, 0.2) is 36.4 Å². The fraction of sp³-hybridized carbons (Fsp3) is 0.333. The quantitative estimate of drug-likeness (QED) is 0.864. The van der Waals surface area contributed by atoms with E-state index in [0.29, 0.717) is 5.56 Å². The molecule has 1 heterocycles. The number of benzene rings is 1. The molecule has 0 saturated heterocycles. The predicted octanol–water partition coefficient (Wildman–Crippen LogP) is 3.94. The molecule has 96 valence electrons. The van der Waals surface area contributed by atoms with Crippen molar-refractivity contribution in [1.82, 2.24) is 4.68 Å². The lowest BCUT2D eigenvalue weighted by molar-refractivity contribution is 0.562. The normalized spacial score (nSPS) is 12.4. The minimum Gasteiger partial charge on any atom is -0.318 e. The third kappa shape index (κ3) is 2.40. The maximum absolute atomic E-state index is 13.8. The fourth-order valence-electron chi connectivity index (χ4n) is 2.17. The minimum absolute atomic E-state index is 0.0176. The number of halogens is 1. The van der Waals surface area contributed by atoms with Crippen molar-refractivity contribution in [1.29, 1.82) is 0 Å². The first-order chi connectivity index (χ1) is 8.63. The number of aromatic nitrogens is 1. The van der Waals surface area contributed by atoms with Crippen molar-refractivity contribution >= 4 is 0 Å². The number of hydrogen-bond donors (Lipinski definition) is 1. The third-order valence-corrected chi connectivity index (χ3v) is 3.24. The van der Waals surface area contributed by atoms with E-state index < -0.39 is 0 Å². The van der Waals surface area contributed by atoms with Crippen LogP contribution in [-0.4, -0.2) is 4.68 Å². The molecule has 2 rings (SSSR count). The van der Waals surface area contributed by atoms with Crippen molar-refractivity contribution in [2.45, 2.75) is 33.2 Å². The van der Waals surface area contributed by atoms with Crippen LogP contribution in [0, 0.1) is 19.7 Å². The molecule has 0 amide bonds. The lowest BCUT2D eigenvalue weighted by Gasteiger charge is -2.22. The van der Waals surface area contributed by atoms with Gasteiger partial charge in [0.2, 0.25) is 0 Å². The molecule has 1 aromatic heterocycles. The van der Waals surface area contributed by atoms with Crippen LogP contribution in [0.25, 0.3) is 0 Å². The summed E-state index contributed by atoms with van der Waals surface area (Å²) in [5.74, 6) is -0.153. The maximum atomic E-state index is 13.8. The summed E-state index contributed by atoms with van der Waals surface area (Å²) >= 11 is 0. The Labute approximate surface area is 107 Å². The number of nitrogens with one attached hydrogen (secondary N) is 1. The predicted molar refractivity (Wildman–Crippen MR) is 72.7 cm³/mol. The maximum Gasteiger partial charge on any atom is 0.128 e. The van der Waals surface area contributed by atoms with Gasteiger partial charge in [0.25, 0.3) is 0 Å². The molecule has 2 nitrogen and oxygen atoms in total. The first-order valence-electron chi connectivity index (χ1n) is 6.29. The topological polar surface area (TPSA) is 17.0 Å². The highest BCUT2D eigenvalue weighted by atomic mass is 19.1. The highest BCUT2D eigenvalue weighted by Crippen LogP contribution is 2.21. The van der Waals surface area contributed by atoms with E-state index in [0.717, 1.165) is 17.8 Å². The summed E-state index contributed by atoms with van der Waals surface area (Å²) in [6.45, 7) is 6.13. The molecule has 0 aliphatic rings. The van der Waals surface area contributed by atoms with Gasteiger partial charge < -0.3 is 5.43 Å². The molecule has 0 radical (unpaired) electrons. The van der Waals surface area contributed by atoms with Crippen molar-refractivity contribution in [3.05, 3.63) is 59.2 Å². The zero-order chi connectivity index (χ0) is 13.1. The highest BCUT2D eigenvalue weighted by Gasteiger charge is 2.14. The van der Waals surface area contributed by atoms with E-state index in [9.17, 15) is 4.39 Å². The second kappa shape index (κ2) is 5.25. The van der Waals surface area contributed by atoms with E-state index in [1.54, 1.807) is 6.07 Å². The van der Waals surface area contributed by atoms with Crippen LogP contribution in [0.3, 0.4) is 0 Å². The second-order valence-corrected chi connectivity index (χ2v) is 4.56. The van der Waals surface area contributed by atoms with Crippen LogP contribution in [0.5, 0.6) is 0 Å². The Morgan fingerprint density at radius 2 is 1.72 bits per heavy atom. The summed E-state index contributed by atoms with van der Waals surface area (Å²) in [6, 6.07) is 11.0. The summed E-state index contributed by atoms with van der Waals surface area (Å²) < 4.78 is 15.8. The average Bonchev–Trinajstić information content (AvgIpc) is 2.68. The molecule has 3 heteroatoms. The van der Waals surface area contributed by atoms with Crippen molar-refractivity contribution in [2.75, 3.05) is 5.43 Å². The Morgan fingerprint density at radius 3 is 2.28 bits per heavy atom. The summed E-state index contributed by atoms with van der Waals surface area (Å²) in [7, 11) is 0. The van der Waals surface area contributed by atoms with Gasteiger partial charge in [0.15, 0.2) is 0 Å². The van der Waals surface area contributed by atoms with Gasteiger partial charge in [0.1, 0.15) is 5.82 Å². The summed E-state index contributed by atoms with van der Waals surface area (Å²) in [6.07, 6.45) is 0.831. The van der Waals surface area contributed by atoms with E-state index in [1.807, 2.05) is 30.7 Å². The molecule has 0 aliphatic heterocycles. The first-order valence-corrected chi connectivity index (χ1v) is 6.29. The zero-order valence-corrected chi connectivity index (χ0v) is 11.1. The van der Waals surface area contributed by atoms with Crippen molar-refractivity contribution in [3.63, 3.8) is 0 Å². The van der Waals surface area contributed by atoms with Gasteiger partial charge in [0, 0.05) is 17.0 Å². The third-order valence-electron chi connectivity index (χ3n) is 3.24. The highest BCUT2D eigenvalue weighted by molar-refractivity contribution is 5.25. The van der Waals surface area contributed by atoms with Gasteiger partial charge >= 0.3 is 0 Å². The van der Waals surface area contributed by atoms with Crippen LogP contribution in [-0.2, 0) is 0 Å². The van der Waals surface area contributed by atoms with Gasteiger partial charge in [-0.2, -0.15) is 0 Å². The Kier molecular flexibility index (Phi) is 3.70. The largest absolute Gasteiger partial charge is 0.318 e. The Hall–Kier alpha value is -1.77. The van der Waals surface area contributed by atoms with Crippen LogP contribution in [0.4, 0.5) is 4.39 Å². The molecule has 0 aliphatic carbocycles. The van der Waals surface area contributed by atoms with E-state index in [1.165, 1.54) is 6.07 Å². The van der Waals surface area contributed by atoms with Crippen LogP contribution >= 0.6 is 0 Å². The number of rotatable bonds is 4. The molecular formula is C15H19FN2. The molecule has 0 bridgehead atoms. The van der Waals surface area contributed by atoms with Crippen molar-refractivity contribution in [2.24, 2.45) is 0 Å². The number of hydrogen-bond acceptors (Lipinski definition) is 1. The molecule has 0 spiro atoms. The van der Waals surface area contributed by atoms with Gasteiger partial charge in [-0.1, -0.05) is 25.1 Å². The van der Waals surface area contributed by atoms with Gasteiger partial charge in [-0.25, -0.2) is 4.39 Å². The summed E-state index contributed by atoms with van der Waals surface area (Å²) in [5.41, 5.74) is 6.35. The van der Waals surface area contributed by atoms with E-state index in [4.69, 9.17) is 0 Å². The zero-order valence-electron chi connectivity index (χ0n) is 11.1. The number of nitrogens with zero attached hydrogens (tertiary/aromatic N) is 1. The Bertz CT molecular complexity index is 512. The molecule has 0 saturated carbocycles. The van der Waals surface area contributed by atoms with E-state index >= 15 is 0 Å². The molecule has 0 fully saturated rings. The lowest BCUT2D eigenvalue weighted by atomic mass is 10.0. The molecule has 18 heavy (non-hydrogen) atoms. The van der Waals surface area contributed by atoms with Crippen LogP contribution in [0.1, 0.15) is 36.3 Å². The molecular weight excluding hydrogens is 227 g/mol. The number of aryl methyl sites for hydroxylation is 2. The van der Waals surface area contributed by atoms with Crippen LogP contribution in [0.2, 0.25) is 0 Å². The molecule has 1 N–H and O–H groups in total. The molecule has 1 atom stereocenters. The second-order valence-electron chi connectivity index (χ2n) is 4.56. The lowest BCUT2D eigenvalue weighted by Crippen LogP contribution is -2.23. The van der Waals surface area contributed by atoms with Crippen LogP contribution < -0.4 is 5.43 Å². The van der Waals surface area contributed by atoms with Gasteiger partial charge in [-0.05, 0) is 38.5 Å². The Balaban J connectivity index is 2.28. The summed E-state index contributed by atoms with van der Waals surface area (Å²) in [5, 5.41) is 0. The average molecular weight is 246 g/mol. The molecule has 2 aromatic rings. The summed E-state index contributed by atoms with van der Waals surface area (Å²) in [4.78, 5) is 0. The van der Waals surface area contributed by atoms with Gasteiger partial charge in [-0.3, -0.25) is 4.68 Å². The fourth-order valence-corrected chi connectivity index (χ4v) is 2.17. The standard InChI is InChI=1S/C15H19FN2/c1-4-15(13-7-5-6-8-14(13)16)17-18-11(2)9-10-12(18)3/h5-10,15,17H,4H2,1-3H3. The van der Waals surface area contributed by atoms with E-state index in [-0.39, 0.29) is 11.9 Å². The van der Waals surface area contributed by atoms with Gasteiger partial charge in [0.05, 0.1) is 6.04 Å². The van der Waals surface area contributed by atoms with Gasteiger partial charge in [-0.15, -0.1) is 0 Å². The smallest absolute Gasteiger partial charge is 0.128 e. The minimum atomic E-state index is -0.153. The van der Waals surface area contributed by atoms with Crippen molar-refractivity contribution in [3.8, 4) is 0 Å².